The molecule has 2 aliphatic rings. The van der Waals surface area contributed by atoms with Gasteiger partial charge in [-0.15, -0.1) is 5.10 Å². The largest absolute Gasteiger partial charge is 0.353 e. The van der Waals surface area contributed by atoms with Crippen molar-refractivity contribution < 1.29 is 0 Å². The van der Waals surface area contributed by atoms with Gasteiger partial charge in [0.2, 0.25) is 0 Å². The summed E-state index contributed by atoms with van der Waals surface area (Å²) in [5, 5.41) is 12.4. The number of nitrogens with one attached hydrogen (secondary N) is 1. The van der Waals surface area contributed by atoms with Crippen LogP contribution in [0.2, 0.25) is 0 Å². The average Bonchev–Trinajstić information content (AvgIpc) is 2.49. The first kappa shape index (κ1) is 12.9. The van der Waals surface area contributed by atoms with E-state index < -0.39 is 0 Å². The molecular formula is C15H24N4. The van der Waals surface area contributed by atoms with E-state index in [2.05, 4.69) is 46.4 Å². The van der Waals surface area contributed by atoms with E-state index in [0.717, 1.165) is 32.0 Å². The van der Waals surface area contributed by atoms with Gasteiger partial charge in [0.1, 0.15) is 0 Å². The van der Waals surface area contributed by atoms with E-state index in [9.17, 15) is 0 Å². The summed E-state index contributed by atoms with van der Waals surface area (Å²) in [4.78, 5) is 2.36. The Hall–Kier alpha value is -1.16. The zero-order chi connectivity index (χ0) is 13.3. The number of anilines is 1. The maximum atomic E-state index is 4.46. The van der Waals surface area contributed by atoms with E-state index in [4.69, 9.17) is 0 Å². The molecule has 1 aromatic heterocycles. The molecule has 0 amide bonds. The van der Waals surface area contributed by atoms with Crippen LogP contribution < -0.4 is 10.2 Å². The standard InChI is InChI=1S/C15H24N4/c1-15(2)10-16-8-9-19(11-15)14-7-6-13(17-18-14)12-4-3-5-12/h6-7,12,16H,3-5,8-11H2,1-2H3. The Morgan fingerprint density at radius 2 is 2.11 bits per heavy atom. The van der Waals surface area contributed by atoms with Gasteiger partial charge in [-0.3, -0.25) is 0 Å². The van der Waals surface area contributed by atoms with Gasteiger partial charge < -0.3 is 10.2 Å². The molecule has 1 N–H and O–H groups in total. The summed E-state index contributed by atoms with van der Waals surface area (Å²) < 4.78 is 0. The van der Waals surface area contributed by atoms with Crippen LogP contribution in [0.1, 0.15) is 44.7 Å². The van der Waals surface area contributed by atoms with Gasteiger partial charge in [0, 0.05) is 32.1 Å². The summed E-state index contributed by atoms with van der Waals surface area (Å²) in [6.45, 7) is 8.74. The number of hydrogen-bond acceptors (Lipinski definition) is 4. The summed E-state index contributed by atoms with van der Waals surface area (Å²) >= 11 is 0. The fraction of sp³-hybridized carbons (Fsp3) is 0.733. The van der Waals surface area contributed by atoms with Crippen LogP contribution in [0, 0.1) is 5.41 Å². The van der Waals surface area contributed by atoms with Crippen LogP contribution in [0.3, 0.4) is 0 Å². The van der Waals surface area contributed by atoms with E-state index in [0.29, 0.717) is 5.92 Å². The minimum atomic E-state index is 0.283. The van der Waals surface area contributed by atoms with Crippen LogP contribution in [0.25, 0.3) is 0 Å². The molecule has 1 saturated heterocycles. The summed E-state index contributed by atoms with van der Waals surface area (Å²) in [7, 11) is 0. The van der Waals surface area contributed by atoms with Crippen molar-refractivity contribution in [3.8, 4) is 0 Å². The van der Waals surface area contributed by atoms with Gasteiger partial charge in [-0.05, 0) is 30.4 Å². The summed E-state index contributed by atoms with van der Waals surface area (Å²) in [5.74, 6) is 1.70. The Morgan fingerprint density at radius 1 is 1.26 bits per heavy atom. The van der Waals surface area contributed by atoms with E-state index in [1.165, 1.54) is 25.0 Å². The van der Waals surface area contributed by atoms with Crippen LogP contribution in [0.5, 0.6) is 0 Å². The molecule has 2 fully saturated rings. The fourth-order valence-electron chi connectivity index (χ4n) is 2.91. The molecule has 4 heteroatoms. The third-order valence-corrected chi connectivity index (χ3v) is 4.30. The van der Waals surface area contributed by atoms with Crippen LogP contribution in [0.4, 0.5) is 5.82 Å². The smallest absolute Gasteiger partial charge is 0.151 e. The lowest BCUT2D eigenvalue weighted by Gasteiger charge is -2.30. The highest BCUT2D eigenvalue weighted by atomic mass is 15.3. The zero-order valence-corrected chi connectivity index (χ0v) is 12.0. The van der Waals surface area contributed by atoms with Crippen LogP contribution >= 0.6 is 0 Å². The Kier molecular flexibility index (Phi) is 3.44. The highest BCUT2D eigenvalue weighted by Gasteiger charge is 2.26. The van der Waals surface area contributed by atoms with Crippen molar-refractivity contribution in [1.29, 1.82) is 0 Å². The molecule has 0 spiro atoms. The predicted molar refractivity (Wildman–Crippen MR) is 77.5 cm³/mol. The molecule has 4 nitrogen and oxygen atoms in total. The minimum Gasteiger partial charge on any atom is -0.353 e. The van der Waals surface area contributed by atoms with E-state index >= 15 is 0 Å². The topological polar surface area (TPSA) is 41.0 Å². The lowest BCUT2D eigenvalue weighted by Crippen LogP contribution is -2.35. The highest BCUT2D eigenvalue weighted by Crippen LogP contribution is 2.35. The average molecular weight is 260 g/mol. The Labute approximate surface area is 115 Å². The van der Waals surface area contributed by atoms with Gasteiger partial charge in [0.25, 0.3) is 0 Å². The molecule has 1 aliphatic heterocycles. The number of nitrogens with zero attached hydrogens (tertiary/aromatic N) is 3. The molecule has 1 saturated carbocycles. The van der Waals surface area contributed by atoms with Gasteiger partial charge in [0.05, 0.1) is 5.69 Å². The highest BCUT2D eigenvalue weighted by molar-refractivity contribution is 5.38. The number of hydrogen-bond donors (Lipinski definition) is 1. The minimum absolute atomic E-state index is 0.283. The molecule has 19 heavy (non-hydrogen) atoms. The first-order valence-electron chi connectivity index (χ1n) is 7.43. The van der Waals surface area contributed by atoms with Crippen molar-refractivity contribution in [1.82, 2.24) is 15.5 Å². The molecule has 0 aromatic carbocycles. The van der Waals surface area contributed by atoms with Gasteiger partial charge in [-0.2, -0.15) is 5.10 Å². The summed E-state index contributed by atoms with van der Waals surface area (Å²) in [6, 6.07) is 4.33. The molecule has 1 aliphatic carbocycles. The van der Waals surface area contributed by atoms with Gasteiger partial charge >= 0.3 is 0 Å². The zero-order valence-electron chi connectivity index (χ0n) is 12.0. The first-order chi connectivity index (χ1) is 9.14. The molecule has 0 radical (unpaired) electrons. The van der Waals surface area contributed by atoms with Crippen molar-refractivity contribution in [3.63, 3.8) is 0 Å². The van der Waals surface area contributed by atoms with Crippen molar-refractivity contribution in [2.75, 3.05) is 31.1 Å². The monoisotopic (exact) mass is 260 g/mol. The second-order valence-corrected chi connectivity index (χ2v) is 6.71. The summed E-state index contributed by atoms with van der Waals surface area (Å²) in [6.07, 6.45) is 3.92. The number of aromatic nitrogens is 2. The van der Waals surface area contributed by atoms with Crippen molar-refractivity contribution in [2.24, 2.45) is 5.41 Å². The molecule has 2 heterocycles. The Bertz CT molecular complexity index is 422. The SMILES string of the molecule is CC1(C)CNCCN(c2ccc(C3CCC3)nn2)C1. The van der Waals surface area contributed by atoms with Crippen LogP contribution in [-0.2, 0) is 0 Å². The maximum Gasteiger partial charge on any atom is 0.151 e. The molecule has 104 valence electrons. The maximum absolute atomic E-state index is 4.46. The van der Waals surface area contributed by atoms with E-state index in [-0.39, 0.29) is 5.41 Å². The number of rotatable bonds is 2. The third kappa shape index (κ3) is 2.89. The fourth-order valence-corrected chi connectivity index (χ4v) is 2.91. The van der Waals surface area contributed by atoms with Crippen LogP contribution in [-0.4, -0.2) is 36.4 Å². The third-order valence-electron chi connectivity index (χ3n) is 4.30. The van der Waals surface area contributed by atoms with E-state index in [1.807, 2.05) is 0 Å². The second-order valence-electron chi connectivity index (χ2n) is 6.71. The molecule has 3 rings (SSSR count). The first-order valence-corrected chi connectivity index (χ1v) is 7.43. The molecular weight excluding hydrogens is 236 g/mol. The van der Waals surface area contributed by atoms with Crippen molar-refractivity contribution in [3.05, 3.63) is 17.8 Å². The molecule has 1 aromatic rings. The Morgan fingerprint density at radius 3 is 2.74 bits per heavy atom. The lowest BCUT2D eigenvalue weighted by atomic mass is 9.83. The normalized spacial score (nSPS) is 23.8. The molecule has 0 atom stereocenters. The Balaban J connectivity index is 1.73. The van der Waals surface area contributed by atoms with Crippen LogP contribution in [0.15, 0.2) is 12.1 Å². The van der Waals surface area contributed by atoms with E-state index in [1.54, 1.807) is 0 Å². The summed E-state index contributed by atoms with van der Waals surface area (Å²) in [5.41, 5.74) is 1.47. The molecule has 0 bridgehead atoms. The second kappa shape index (κ2) is 5.08. The van der Waals surface area contributed by atoms with Gasteiger partial charge in [-0.1, -0.05) is 20.3 Å². The van der Waals surface area contributed by atoms with Crippen molar-refractivity contribution in [2.45, 2.75) is 39.0 Å². The van der Waals surface area contributed by atoms with Gasteiger partial charge in [-0.25, -0.2) is 0 Å². The van der Waals surface area contributed by atoms with Gasteiger partial charge in [0.15, 0.2) is 5.82 Å². The lowest BCUT2D eigenvalue weighted by molar-refractivity contribution is 0.369. The van der Waals surface area contributed by atoms with Crippen molar-refractivity contribution >= 4 is 5.82 Å². The predicted octanol–water partition coefficient (Wildman–Crippen LogP) is 2.18. The quantitative estimate of drug-likeness (QED) is 0.885. The molecule has 0 unspecified atom stereocenters.